The Balaban J connectivity index is 1.74. The summed E-state index contributed by atoms with van der Waals surface area (Å²) in [5.74, 6) is 1.35. The van der Waals surface area contributed by atoms with Crippen LogP contribution in [0.2, 0.25) is 0 Å². The number of aromatic nitrogens is 2. The highest BCUT2D eigenvalue weighted by molar-refractivity contribution is 5.89. The summed E-state index contributed by atoms with van der Waals surface area (Å²) in [6, 6.07) is 6.62. The van der Waals surface area contributed by atoms with Gasteiger partial charge in [-0.1, -0.05) is 0 Å². The first-order valence-corrected chi connectivity index (χ1v) is 13.2. The van der Waals surface area contributed by atoms with Crippen molar-refractivity contribution < 1.29 is 24.2 Å². The van der Waals surface area contributed by atoms with Crippen LogP contribution in [0.5, 0.6) is 0 Å². The minimum absolute atomic E-state index is 0.101. The zero-order valence-corrected chi connectivity index (χ0v) is 22.6. The summed E-state index contributed by atoms with van der Waals surface area (Å²) < 4.78 is 11.3. The summed E-state index contributed by atoms with van der Waals surface area (Å²) in [5.41, 5.74) is 2.51. The van der Waals surface area contributed by atoms with Crippen LogP contribution in [-0.2, 0) is 15.9 Å². The van der Waals surface area contributed by atoms with E-state index in [4.69, 9.17) is 19.4 Å². The van der Waals surface area contributed by atoms with Gasteiger partial charge < -0.3 is 30.1 Å². The van der Waals surface area contributed by atoms with Crippen molar-refractivity contribution in [2.45, 2.75) is 52.2 Å². The molecule has 1 fully saturated rings. The highest BCUT2D eigenvalue weighted by Gasteiger charge is 2.37. The number of ether oxygens (including phenoxy) is 2. The molecule has 3 N–H and O–H groups in total. The molecule has 1 aromatic heterocycles. The molecule has 38 heavy (non-hydrogen) atoms. The summed E-state index contributed by atoms with van der Waals surface area (Å²) in [4.78, 5) is 38.8. The van der Waals surface area contributed by atoms with E-state index in [1.807, 2.05) is 39.8 Å². The molecule has 0 bridgehead atoms. The second-order valence-corrected chi connectivity index (χ2v) is 10.3. The highest BCUT2D eigenvalue weighted by atomic mass is 16.6. The maximum Gasteiger partial charge on any atom is 0.410 e. The van der Waals surface area contributed by atoms with Crippen LogP contribution in [0.3, 0.4) is 0 Å². The lowest BCUT2D eigenvalue weighted by Crippen LogP contribution is -2.45. The van der Waals surface area contributed by atoms with Gasteiger partial charge in [-0.05, 0) is 64.8 Å². The quantitative estimate of drug-likeness (QED) is 0.523. The number of urea groups is 1. The molecule has 206 valence electrons. The zero-order valence-electron chi connectivity index (χ0n) is 22.6. The summed E-state index contributed by atoms with van der Waals surface area (Å²) >= 11 is 0. The number of fused-ring (bicyclic) bond motifs is 1. The number of aliphatic hydroxyl groups excluding tert-OH is 1. The lowest BCUT2D eigenvalue weighted by Gasteiger charge is -2.39. The number of carbonyl (C=O) groups is 2. The smallest absolute Gasteiger partial charge is 0.410 e. The fourth-order valence-electron chi connectivity index (χ4n) is 4.70. The van der Waals surface area contributed by atoms with Gasteiger partial charge in [0, 0.05) is 49.6 Å². The van der Waals surface area contributed by atoms with E-state index >= 15 is 0 Å². The Labute approximate surface area is 223 Å². The molecule has 0 unspecified atom stereocenters. The molecule has 0 aliphatic carbocycles. The van der Waals surface area contributed by atoms with Crippen molar-refractivity contribution in [3.05, 3.63) is 35.5 Å². The Kier molecular flexibility index (Phi) is 8.68. The fraction of sp³-hybridized carbons (Fsp3) is 0.556. The Hall–Kier alpha value is -3.44. The van der Waals surface area contributed by atoms with E-state index in [9.17, 15) is 14.7 Å². The van der Waals surface area contributed by atoms with E-state index in [1.54, 1.807) is 17.0 Å². The maximum atomic E-state index is 13.1. The van der Waals surface area contributed by atoms with E-state index in [1.165, 1.54) is 0 Å². The predicted octanol–water partition coefficient (Wildman–Crippen LogP) is 3.34. The summed E-state index contributed by atoms with van der Waals surface area (Å²) in [5, 5.41) is 15.4. The van der Waals surface area contributed by atoms with Crippen LogP contribution in [0.4, 0.5) is 21.1 Å². The van der Waals surface area contributed by atoms with Crippen LogP contribution in [0.25, 0.3) is 11.4 Å². The summed E-state index contributed by atoms with van der Waals surface area (Å²) in [6.07, 6.45) is 0.495. The number of benzene rings is 1. The number of morpholine rings is 1. The van der Waals surface area contributed by atoms with Crippen molar-refractivity contribution in [1.82, 2.24) is 20.2 Å². The van der Waals surface area contributed by atoms with Gasteiger partial charge in [0.1, 0.15) is 11.4 Å². The molecule has 0 spiro atoms. The molecule has 1 aromatic carbocycles. The van der Waals surface area contributed by atoms with Crippen molar-refractivity contribution in [2.24, 2.45) is 0 Å². The minimum atomic E-state index is -0.638. The third-order valence-electron chi connectivity index (χ3n) is 6.39. The Morgan fingerprint density at radius 3 is 2.47 bits per heavy atom. The van der Waals surface area contributed by atoms with E-state index in [2.05, 4.69) is 15.5 Å². The molecule has 0 saturated carbocycles. The van der Waals surface area contributed by atoms with Crippen molar-refractivity contribution >= 4 is 23.6 Å². The van der Waals surface area contributed by atoms with Crippen molar-refractivity contribution in [2.75, 3.05) is 56.2 Å². The number of carbonyl (C=O) groups excluding carboxylic acids is 2. The highest BCUT2D eigenvalue weighted by Crippen LogP contribution is 2.38. The molecule has 2 aromatic rings. The van der Waals surface area contributed by atoms with Crippen molar-refractivity contribution in [3.8, 4) is 11.4 Å². The van der Waals surface area contributed by atoms with Gasteiger partial charge in [-0.25, -0.2) is 19.6 Å². The molecule has 11 heteroatoms. The number of amides is 3. The number of rotatable bonds is 6. The molecule has 3 amide bonds. The Morgan fingerprint density at radius 2 is 1.84 bits per heavy atom. The van der Waals surface area contributed by atoms with Crippen LogP contribution in [0.15, 0.2) is 24.3 Å². The number of anilines is 2. The van der Waals surface area contributed by atoms with Gasteiger partial charge in [0.05, 0.1) is 24.9 Å². The lowest BCUT2D eigenvalue weighted by molar-refractivity contribution is 0.0110. The maximum absolute atomic E-state index is 13.1. The minimum Gasteiger partial charge on any atom is -0.444 e. The first kappa shape index (κ1) is 27.6. The van der Waals surface area contributed by atoms with Gasteiger partial charge in [0.25, 0.3) is 0 Å². The van der Waals surface area contributed by atoms with Gasteiger partial charge in [0.15, 0.2) is 5.82 Å². The van der Waals surface area contributed by atoms with Crippen LogP contribution in [0, 0.1) is 0 Å². The Morgan fingerprint density at radius 1 is 1.13 bits per heavy atom. The predicted molar refractivity (Wildman–Crippen MR) is 144 cm³/mol. The molecule has 1 atom stereocenters. The SMILES string of the molecule is CCNC(=O)Nc1ccc(-c2nc3c(c(N4CCOCC4)n2)CCN(C(=O)OC(C)(C)C)[C@H]3CCO)cc1. The van der Waals surface area contributed by atoms with Gasteiger partial charge in [-0.2, -0.15) is 0 Å². The number of nitrogens with one attached hydrogen (secondary N) is 2. The van der Waals surface area contributed by atoms with Crippen LogP contribution >= 0.6 is 0 Å². The lowest BCUT2D eigenvalue weighted by atomic mass is 9.95. The second-order valence-electron chi connectivity index (χ2n) is 10.3. The average Bonchev–Trinajstić information content (AvgIpc) is 2.88. The van der Waals surface area contributed by atoms with Crippen LogP contribution < -0.4 is 15.5 Å². The summed E-state index contributed by atoms with van der Waals surface area (Å²) in [6.45, 7) is 10.9. The number of aliphatic hydroxyl groups is 1. The van der Waals surface area contributed by atoms with Crippen LogP contribution in [-0.4, -0.2) is 83.7 Å². The molecular weight excluding hydrogens is 488 g/mol. The number of hydrogen-bond acceptors (Lipinski definition) is 8. The average molecular weight is 527 g/mol. The first-order chi connectivity index (χ1) is 18.2. The first-order valence-electron chi connectivity index (χ1n) is 13.2. The van der Waals surface area contributed by atoms with E-state index in [-0.39, 0.29) is 12.6 Å². The normalized spacial score (nSPS) is 17.6. The van der Waals surface area contributed by atoms with Gasteiger partial charge in [-0.15, -0.1) is 0 Å². The molecule has 3 heterocycles. The number of nitrogens with zero attached hydrogens (tertiary/aromatic N) is 4. The molecule has 0 radical (unpaired) electrons. The summed E-state index contributed by atoms with van der Waals surface area (Å²) in [7, 11) is 0. The third kappa shape index (κ3) is 6.51. The van der Waals surface area contributed by atoms with E-state index < -0.39 is 17.7 Å². The molecule has 4 rings (SSSR count). The third-order valence-corrected chi connectivity index (χ3v) is 6.39. The molecule has 11 nitrogen and oxygen atoms in total. The second kappa shape index (κ2) is 12.0. The number of hydrogen-bond donors (Lipinski definition) is 3. The molecule has 2 aliphatic rings. The van der Waals surface area contributed by atoms with Gasteiger partial charge >= 0.3 is 12.1 Å². The van der Waals surface area contributed by atoms with Crippen LogP contribution in [0.1, 0.15) is 51.4 Å². The van der Waals surface area contributed by atoms with Crippen molar-refractivity contribution in [1.29, 1.82) is 0 Å². The molecule has 2 aliphatic heterocycles. The monoisotopic (exact) mass is 526 g/mol. The Bertz CT molecular complexity index is 1130. The molecular formula is C27H38N6O5. The van der Waals surface area contributed by atoms with Gasteiger partial charge in [-0.3, -0.25) is 4.90 Å². The van der Waals surface area contributed by atoms with E-state index in [0.717, 1.165) is 22.6 Å². The van der Waals surface area contributed by atoms with Gasteiger partial charge in [0.2, 0.25) is 0 Å². The van der Waals surface area contributed by atoms with Crippen molar-refractivity contribution in [3.63, 3.8) is 0 Å². The zero-order chi connectivity index (χ0) is 27.3. The topological polar surface area (TPSA) is 129 Å². The molecule has 1 saturated heterocycles. The standard InChI is InChI=1S/C27H38N6O5/c1-5-28-25(35)29-19-8-6-18(7-9-19)23-30-22-20(24(31-23)32-13-16-37-17-14-32)10-12-33(21(22)11-15-34)26(36)38-27(2,3)4/h6-9,21,34H,5,10-17H2,1-4H3,(H2,28,29,35)/t21-/m0/s1. The van der Waals surface area contributed by atoms with E-state index in [0.29, 0.717) is 63.7 Å². The largest absolute Gasteiger partial charge is 0.444 e. The fourth-order valence-corrected chi connectivity index (χ4v) is 4.70.